The summed E-state index contributed by atoms with van der Waals surface area (Å²) in [5.41, 5.74) is 2.29. The van der Waals surface area contributed by atoms with E-state index >= 15 is 0 Å². The van der Waals surface area contributed by atoms with Crippen LogP contribution in [0.5, 0.6) is 10.9 Å². The summed E-state index contributed by atoms with van der Waals surface area (Å²) in [6.07, 6.45) is 3.33. The van der Waals surface area contributed by atoms with E-state index in [0.29, 0.717) is 11.1 Å². The van der Waals surface area contributed by atoms with Crippen LogP contribution in [-0.4, -0.2) is 49.7 Å². The van der Waals surface area contributed by atoms with Crippen LogP contribution in [0, 0.1) is 0 Å². The normalized spacial score (nSPS) is 17.4. The zero-order chi connectivity index (χ0) is 20.3. The Hall–Kier alpha value is -2.84. The minimum atomic E-state index is 0.386. The largest absolute Gasteiger partial charge is 0.431 e. The number of ether oxygens (including phenoxy) is 1. The van der Waals surface area contributed by atoms with Crippen LogP contribution in [-0.2, 0) is 13.5 Å². The van der Waals surface area contributed by atoms with Crippen LogP contribution in [0.3, 0.4) is 0 Å². The minimum Gasteiger partial charge on any atom is -0.431 e. The smallest absolute Gasteiger partial charge is 0.279 e. The molecule has 0 amide bonds. The number of likely N-dealkylation sites (tertiary alicyclic amines) is 1. The number of fused-ring (bicyclic) bond motifs is 1. The molecule has 5 rings (SSSR count). The molecule has 1 aliphatic rings. The van der Waals surface area contributed by atoms with Gasteiger partial charge in [0.05, 0.1) is 17.3 Å². The molecule has 0 spiro atoms. The third-order valence-electron chi connectivity index (χ3n) is 5.51. The van der Waals surface area contributed by atoms with Crippen LogP contribution in [0.25, 0.3) is 10.2 Å². The van der Waals surface area contributed by atoms with Crippen molar-refractivity contribution in [3.8, 4) is 10.9 Å². The molecular weight excluding hydrogens is 396 g/mol. The van der Waals surface area contributed by atoms with E-state index in [1.54, 1.807) is 16.1 Å². The van der Waals surface area contributed by atoms with Crippen LogP contribution in [0.15, 0.2) is 48.5 Å². The molecule has 3 heterocycles. The summed E-state index contributed by atoms with van der Waals surface area (Å²) in [5, 5.41) is 13.3. The third kappa shape index (κ3) is 4.34. The van der Waals surface area contributed by atoms with Gasteiger partial charge in [0.1, 0.15) is 5.75 Å². The van der Waals surface area contributed by atoms with Gasteiger partial charge in [0.15, 0.2) is 5.82 Å². The van der Waals surface area contributed by atoms with E-state index in [1.165, 1.54) is 12.0 Å². The van der Waals surface area contributed by atoms with E-state index in [2.05, 4.69) is 43.5 Å². The highest BCUT2D eigenvalue weighted by atomic mass is 32.1. The molecule has 2 aromatic heterocycles. The van der Waals surface area contributed by atoms with Crippen molar-refractivity contribution in [3.05, 3.63) is 59.9 Å². The van der Waals surface area contributed by atoms with Gasteiger partial charge in [-0.1, -0.05) is 35.6 Å². The van der Waals surface area contributed by atoms with Crippen LogP contribution >= 0.6 is 11.3 Å². The summed E-state index contributed by atoms with van der Waals surface area (Å²) in [7, 11) is 1.82. The molecular formula is C22H24N6OS. The molecule has 1 fully saturated rings. The number of benzene rings is 2. The number of para-hydroxylation sites is 1. The van der Waals surface area contributed by atoms with Gasteiger partial charge < -0.3 is 9.64 Å². The van der Waals surface area contributed by atoms with Crippen LogP contribution in [0.4, 0.5) is 0 Å². The van der Waals surface area contributed by atoms with Crippen molar-refractivity contribution in [1.82, 2.24) is 30.1 Å². The number of rotatable bonds is 6. The van der Waals surface area contributed by atoms with E-state index < -0.39 is 0 Å². The van der Waals surface area contributed by atoms with E-state index in [1.807, 2.05) is 37.4 Å². The van der Waals surface area contributed by atoms with Crippen molar-refractivity contribution < 1.29 is 4.74 Å². The summed E-state index contributed by atoms with van der Waals surface area (Å²) in [5.74, 6) is 2.08. The maximum Gasteiger partial charge on any atom is 0.279 e. The molecule has 4 aromatic rings. The first-order valence-corrected chi connectivity index (χ1v) is 11.1. The zero-order valence-corrected chi connectivity index (χ0v) is 17.8. The minimum absolute atomic E-state index is 0.386. The molecule has 0 radical (unpaired) electrons. The van der Waals surface area contributed by atoms with Crippen LogP contribution in [0.1, 0.15) is 30.1 Å². The maximum absolute atomic E-state index is 5.95. The second kappa shape index (κ2) is 8.49. The Bertz CT molecular complexity index is 1090. The lowest BCUT2D eigenvalue weighted by Gasteiger charge is -2.31. The highest BCUT2D eigenvalue weighted by Gasteiger charge is 2.24. The Morgan fingerprint density at radius 1 is 1.13 bits per heavy atom. The Labute approximate surface area is 179 Å². The summed E-state index contributed by atoms with van der Waals surface area (Å²) in [4.78, 5) is 8.59. The van der Waals surface area contributed by atoms with E-state index in [9.17, 15) is 0 Å². The zero-order valence-electron chi connectivity index (χ0n) is 16.9. The molecule has 2 aromatic carbocycles. The quantitative estimate of drug-likeness (QED) is 0.469. The van der Waals surface area contributed by atoms with Gasteiger partial charge in [0.2, 0.25) is 0 Å². The lowest BCUT2D eigenvalue weighted by molar-refractivity contribution is 0.206. The Morgan fingerprint density at radius 3 is 2.80 bits per heavy atom. The number of aromatic nitrogens is 5. The number of thiazole rings is 1. The number of tetrazole rings is 1. The maximum atomic E-state index is 5.95. The molecule has 7 nitrogen and oxygen atoms in total. The monoisotopic (exact) mass is 420 g/mol. The number of hydrogen-bond acceptors (Lipinski definition) is 7. The SMILES string of the molecule is Cn1nnc(C2CCCN(CCc3ccc(Oc4nc5ccccc5s4)cc3)C2)n1. The summed E-state index contributed by atoms with van der Waals surface area (Å²) in [6, 6.07) is 16.4. The standard InChI is InChI=1S/C22H24N6OS/c1-27-25-21(24-26-27)17-5-4-13-28(15-17)14-12-16-8-10-18(11-9-16)29-22-23-19-6-2-3-7-20(19)30-22/h2-3,6-11,17H,4-5,12-15H2,1H3. The highest BCUT2D eigenvalue weighted by Crippen LogP contribution is 2.31. The first-order valence-electron chi connectivity index (χ1n) is 10.3. The lowest BCUT2D eigenvalue weighted by Crippen LogP contribution is -2.36. The number of aryl methyl sites for hydroxylation is 1. The molecule has 0 bridgehead atoms. The van der Waals surface area contributed by atoms with E-state index in [4.69, 9.17) is 4.74 Å². The van der Waals surface area contributed by atoms with Crippen molar-refractivity contribution in [2.24, 2.45) is 7.05 Å². The Balaban J connectivity index is 1.16. The van der Waals surface area contributed by atoms with Crippen molar-refractivity contribution >= 4 is 21.6 Å². The van der Waals surface area contributed by atoms with Crippen molar-refractivity contribution in [2.45, 2.75) is 25.2 Å². The molecule has 30 heavy (non-hydrogen) atoms. The number of piperidine rings is 1. The van der Waals surface area contributed by atoms with E-state index in [-0.39, 0.29) is 0 Å². The predicted molar refractivity (Wildman–Crippen MR) is 117 cm³/mol. The Morgan fingerprint density at radius 2 is 2.00 bits per heavy atom. The molecule has 8 heteroatoms. The van der Waals surface area contributed by atoms with Gasteiger partial charge in [-0.2, -0.15) is 4.80 Å². The number of hydrogen-bond donors (Lipinski definition) is 0. The second-order valence-electron chi connectivity index (χ2n) is 7.72. The first kappa shape index (κ1) is 19.1. The fourth-order valence-corrected chi connectivity index (χ4v) is 4.77. The van der Waals surface area contributed by atoms with E-state index in [0.717, 1.165) is 54.3 Å². The van der Waals surface area contributed by atoms with Gasteiger partial charge >= 0.3 is 0 Å². The predicted octanol–water partition coefficient (Wildman–Crippen LogP) is 4.03. The molecule has 1 atom stereocenters. The van der Waals surface area contributed by atoms with Crippen molar-refractivity contribution in [1.29, 1.82) is 0 Å². The fourth-order valence-electron chi connectivity index (χ4n) is 3.94. The fraction of sp³-hybridized carbons (Fsp3) is 0.364. The van der Waals surface area contributed by atoms with Gasteiger partial charge in [-0.3, -0.25) is 0 Å². The molecule has 0 saturated carbocycles. The average molecular weight is 421 g/mol. The van der Waals surface area contributed by atoms with Crippen molar-refractivity contribution in [3.63, 3.8) is 0 Å². The number of nitrogens with zero attached hydrogens (tertiary/aromatic N) is 6. The molecule has 1 saturated heterocycles. The summed E-state index contributed by atoms with van der Waals surface area (Å²) in [6.45, 7) is 3.18. The van der Waals surface area contributed by atoms with Gasteiger partial charge in [-0.05, 0) is 60.8 Å². The second-order valence-corrected chi connectivity index (χ2v) is 8.71. The van der Waals surface area contributed by atoms with Gasteiger partial charge in [-0.15, -0.1) is 10.2 Å². The summed E-state index contributed by atoms with van der Waals surface area (Å²) < 4.78 is 7.09. The molecule has 1 unspecified atom stereocenters. The van der Waals surface area contributed by atoms with Gasteiger partial charge in [0.25, 0.3) is 5.19 Å². The highest BCUT2D eigenvalue weighted by molar-refractivity contribution is 7.20. The van der Waals surface area contributed by atoms with Crippen LogP contribution in [0.2, 0.25) is 0 Å². The van der Waals surface area contributed by atoms with Gasteiger partial charge in [0, 0.05) is 19.0 Å². The Kier molecular flexibility index (Phi) is 5.42. The molecule has 1 aliphatic heterocycles. The van der Waals surface area contributed by atoms with Crippen molar-refractivity contribution in [2.75, 3.05) is 19.6 Å². The van der Waals surface area contributed by atoms with Gasteiger partial charge in [-0.25, -0.2) is 4.98 Å². The summed E-state index contributed by atoms with van der Waals surface area (Å²) >= 11 is 1.57. The lowest BCUT2D eigenvalue weighted by atomic mass is 9.97. The topological polar surface area (TPSA) is 69.0 Å². The first-order chi connectivity index (χ1) is 14.7. The third-order valence-corrected chi connectivity index (χ3v) is 6.43. The molecule has 0 N–H and O–H groups in total. The van der Waals surface area contributed by atoms with Crippen LogP contribution < -0.4 is 4.74 Å². The molecule has 0 aliphatic carbocycles. The molecule has 154 valence electrons. The average Bonchev–Trinajstić information content (AvgIpc) is 3.39.